The van der Waals surface area contributed by atoms with Crippen molar-refractivity contribution in [1.82, 2.24) is 0 Å². The Morgan fingerprint density at radius 3 is 1.73 bits per heavy atom. The normalized spacial score (nSPS) is 53.7. The average molecular weight is 484 g/mol. The van der Waals surface area contributed by atoms with Crippen molar-refractivity contribution in [3.05, 3.63) is 0 Å². The highest BCUT2D eigenvalue weighted by Crippen LogP contribution is 2.30. The van der Waals surface area contributed by atoms with Gasteiger partial charge >= 0.3 is 0 Å². The first-order valence-corrected chi connectivity index (χ1v) is 10.9. The molecule has 2 aliphatic heterocycles. The molecular formula is C18H37N5O10. The molecule has 33 heavy (non-hydrogen) atoms. The molecule has 0 aromatic carbocycles. The molecule has 15 atom stereocenters. The van der Waals surface area contributed by atoms with Gasteiger partial charge in [-0.1, -0.05) is 0 Å². The summed E-state index contributed by atoms with van der Waals surface area (Å²) in [6.45, 7) is -0.651. The topological polar surface area (TPSA) is 288 Å². The van der Waals surface area contributed by atoms with Gasteiger partial charge in [-0.25, -0.2) is 0 Å². The highest BCUT2D eigenvalue weighted by molar-refractivity contribution is 5.01. The average Bonchev–Trinajstić information content (AvgIpc) is 2.79. The van der Waals surface area contributed by atoms with Crippen LogP contribution in [-0.2, 0) is 18.9 Å². The molecule has 3 aliphatic rings. The fourth-order valence-electron chi connectivity index (χ4n) is 4.45. The van der Waals surface area contributed by atoms with Crippen LogP contribution in [0.5, 0.6) is 0 Å². The van der Waals surface area contributed by atoms with E-state index in [0.717, 1.165) is 0 Å². The van der Waals surface area contributed by atoms with E-state index in [9.17, 15) is 30.6 Å². The van der Waals surface area contributed by atoms with E-state index in [4.69, 9.17) is 47.6 Å². The first-order chi connectivity index (χ1) is 15.5. The molecule has 0 bridgehead atoms. The molecule has 0 aromatic heterocycles. The minimum absolute atomic E-state index is 0.117. The predicted molar refractivity (Wildman–Crippen MR) is 110 cm³/mol. The molecule has 15 nitrogen and oxygen atoms in total. The van der Waals surface area contributed by atoms with Crippen LogP contribution in [0.15, 0.2) is 0 Å². The number of aliphatic hydroxyl groups excluding tert-OH is 6. The lowest BCUT2D eigenvalue weighted by Crippen LogP contribution is -2.69. The van der Waals surface area contributed by atoms with Crippen molar-refractivity contribution in [2.24, 2.45) is 28.7 Å². The van der Waals surface area contributed by atoms with Crippen LogP contribution in [0.1, 0.15) is 6.42 Å². The van der Waals surface area contributed by atoms with Crippen molar-refractivity contribution in [3.8, 4) is 0 Å². The summed E-state index contributed by atoms with van der Waals surface area (Å²) in [5.74, 6) is 0. The Morgan fingerprint density at radius 1 is 0.667 bits per heavy atom. The summed E-state index contributed by atoms with van der Waals surface area (Å²) in [7, 11) is 0. The summed E-state index contributed by atoms with van der Waals surface area (Å²) in [4.78, 5) is 0. The van der Waals surface area contributed by atoms with E-state index < -0.39 is 98.3 Å². The number of hydrogen-bond acceptors (Lipinski definition) is 15. The molecule has 1 aliphatic carbocycles. The first-order valence-electron chi connectivity index (χ1n) is 10.9. The Kier molecular flexibility index (Phi) is 8.99. The zero-order valence-corrected chi connectivity index (χ0v) is 18.0. The van der Waals surface area contributed by atoms with Crippen LogP contribution >= 0.6 is 0 Å². The van der Waals surface area contributed by atoms with E-state index in [0.29, 0.717) is 0 Å². The smallest absolute Gasteiger partial charge is 0.187 e. The Balaban J connectivity index is 1.72. The van der Waals surface area contributed by atoms with Crippen LogP contribution in [0.2, 0.25) is 0 Å². The number of aliphatic hydroxyl groups is 6. The second-order valence-corrected chi connectivity index (χ2v) is 8.88. The molecule has 3 fully saturated rings. The lowest BCUT2D eigenvalue weighted by Gasteiger charge is -2.48. The number of nitrogens with two attached hydrogens (primary N) is 5. The van der Waals surface area contributed by atoms with Gasteiger partial charge in [0, 0.05) is 18.6 Å². The first kappa shape index (κ1) is 27.0. The van der Waals surface area contributed by atoms with Crippen molar-refractivity contribution in [3.63, 3.8) is 0 Å². The van der Waals surface area contributed by atoms with Gasteiger partial charge in [-0.3, -0.25) is 0 Å². The molecule has 1 saturated carbocycles. The molecule has 0 radical (unpaired) electrons. The van der Waals surface area contributed by atoms with Crippen LogP contribution < -0.4 is 28.7 Å². The highest BCUT2D eigenvalue weighted by atomic mass is 16.7. The lowest BCUT2D eigenvalue weighted by molar-refractivity contribution is -0.319. The molecule has 15 heteroatoms. The van der Waals surface area contributed by atoms with Gasteiger partial charge in [0.25, 0.3) is 0 Å². The third-order valence-corrected chi connectivity index (χ3v) is 6.57. The van der Waals surface area contributed by atoms with Gasteiger partial charge < -0.3 is 78.3 Å². The zero-order valence-electron chi connectivity index (χ0n) is 18.0. The summed E-state index contributed by atoms with van der Waals surface area (Å²) in [5, 5.41) is 61.0. The van der Waals surface area contributed by atoms with E-state index in [1.54, 1.807) is 0 Å². The van der Waals surface area contributed by atoms with Crippen molar-refractivity contribution in [1.29, 1.82) is 0 Å². The van der Waals surface area contributed by atoms with Gasteiger partial charge in [0.05, 0.1) is 18.7 Å². The third-order valence-electron chi connectivity index (χ3n) is 6.57. The van der Waals surface area contributed by atoms with Crippen LogP contribution in [0, 0.1) is 0 Å². The fourth-order valence-corrected chi connectivity index (χ4v) is 4.45. The van der Waals surface area contributed by atoms with Gasteiger partial charge in [-0.05, 0) is 6.42 Å². The van der Waals surface area contributed by atoms with Crippen LogP contribution in [0.25, 0.3) is 0 Å². The SMILES string of the molecule is NC[C@H]1O[C@H](O[C@H]2[C@H](O)[C@@H](O[C@H]3O[C@H](CO)[C@H](N)[C@H](O)[C@H]3O)[C@H](N)C[C@@H]2N)[C@H](N)[C@@H](O)[C@@H]1O. The second-order valence-electron chi connectivity index (χ2n) is 8.88. The largest absolute Gasteiger partial charge is 0.394 e. The number of hydrogen-bond donors (Lipinski definition) is 11. The Morgan fingerprint density at radius 2 is 1.18 bits per heavy atom. The summed E-state index contributed by atoms with van der Waals surface area (Å²) < 4.78 is 22.5. The van der Waals surface area contributed by atoms with E-state index in [-0.39, 0.29) is 13.0 Å². The van der Waals surface area contributed by atoms with Crippen LogP contribution in [0.4, 0.5) is 0 Å². The summed E-state index contributed by atoms with van der Waals surface area (Å²) >= 11 is 0. The zero-order chi connectivity index (χ0) is 24.6. The van der Waals surface area contributed by atoms with Crippen molar-refractivity contribution in [2.45, 2.75) is 98.1 Å². The molecule has 3 rings (SSSR count). The molecule has 0 aromatic rings. The van der Waals surface area contributed by atoms with E-state index in [2.05, 4.69) is 0 Å². The summed E-state index contributed by atoms with van der Waals surface area (Å²) in [6.07, 6.45) is -14.1. The molecule has 0 spiro atoms. The van der Waals surface area contributed by atoms with Crippen LogP contribution in [0.3, 0.4) is 0 Å². The van der Waals surface area contributed by atoms with Crippen molar-refractivity contribution in [2.75, 3.05) is 13.2 Å². The Hall–Kier alpha value is -0.600. The van der Waals surface area contributed by atoms with E-state index >= 15 is 0 Å². The van der Waals surface area contributed by atoms with Gasteiger partial charge in [-0.2, -0.15) is 0 Å². The predicted octanol–water partition coefficient (Wildman–Crippen LogP) is -7.33. The van der Waals surface area contributed by atoms with Crippen LogP contribution in [-0.4, -0.2) is 135 Å². The molecular weight excluding hydrogens is 446 g/mol. The maximum Gasteiger partial charge on any atom is 0.187 e. The summed E-state index contributed by atoms with van der Waals surface area (Å²) in [6, 6.07) is -3.81. The molecule has 0 unspecified atom stereocenters. The molecule has 194 valence electrons. The monoisotopic (exact) mass is 483 g/mol. The molecule has 16 N–H and O–H groups in total. The van der Waals surface area contributed by atoms with Crippen molar-refractivity contribution < 1.29 is 49.6 Å². The standard InChI is InChI=1S/C18H37N5O10/c19-2-6-10(25)12(27)9(23)17(30-6)32-15-4(20)1-5(21)16(14(15)29)33-18-13(28)11(26)8(22)7(3-24)31-18/h4-18,24-29H,1-3,19-23H2/t4-,5+,6+,7+,8-,9+,10+,11-,12+,13+,14-,15+,16-,17+,18+/m0/s1. The van der Waals surface area contributed by atoms with Gasteiger partial charge in [0.15, 0.2) is 12.6 Å². The highest BCUT2D eigenvalue weighted by Gasteiger charge is 2.51. The van der Waals surface area contributed by atoms with Gasteiger partial charge in [0.1, 0.15) is 54.9 Å². The van der Waals surface area contributed by atoms with Crippen molar-refractivity contribution >= 4 is 0 Å². The molecule has 2 saturated heterocycles. The third kappa shape index (κ3) is 5.32. The Bertz CT molecular complexity index is 585. The second kappa shape index (κ2) is 11.0. The summed E-state index contributed by atoms with van der Waals surface area (Å²) in [5.41, 5.74) is 29.5. The van der Waals surface area contributed by atoms with Gasteiger partial charge in [0.2, 0.25) is 0 Å². The quantitative estimate of drug-likeness (QED) is 0.167. The number of ether oxygens (including phenoxy) is 4. The van der Waals surface area contributed by atoms with E-state index in [1.807, 2.05) is 0 Å². The molecule has 2 heterocycles. The number of rotatable bonds is 6. The lowest BCUT2D eigenvalue weighted by atomic mass is 9.84. The van der Waals surface area contributed by atoms with E-state index in [1.165, 1.54) is 0 Å². The maximum atomic E-state index is 11.0. The van der Waals surface area contributed by atoms with Gasteiger partial charge in [-0.15, -0.1) is 0 Å². The maximum absolute atomic E-state index is 11.0. The Labute approximate surface area is 190 Å². The minimum Gasteiger partial charge on any atom is -0.394 e. The fraction of sp³-hybridized carbons (Fsp3) is 1.00. The molecule has 0 amide bonds. The minimum atomic E-state index is -1.57.